The van der Waals surface area contributed by atoms with Crippen molar-refractivity contribution in [1.29, 1.82) is 0 Å². The van der Waals surface area contributed by atoms with Crippen LogP contribution in [0.5, 0.6) is 0 Å². The van der Waals surface area contributed by atoms with Gasteiger partial charge in [0, 0.05) is 18.9 Å². The van der Waals surface area contributed by atoms with Crippen LogP contribution in [-0.4, -0.2) is 23.0 Å². The Labute approximate surface area is 162 Å². The molecule has 2 amide bonds. The first-order valence-electron chi connectivity index (χ1n) is 8.19. The lowest BCUT2D eigenvalue weighted by Crippen LogP contribution is -2.34. The van der Waals surface area contributed by atoms with Crippen LogP contribution in [0.3, 0.4) is 0 Å². The van der Waals surface area contributed by atoms with Crippen LogP contribution in [-0.2, 0) is 0 Å². The maximum atomic E-state index is 14.1. The van der Waals surface area contributed by atoms with Crippen molar-refractivity contribution in [2.24, 2.45) is 0 Å². The van der Waals surface area contributed by atoms with Crippen LogP contribution in [0.2, 0.25) is 5.02 Å². The van der Waals surface area contributed by atoms with Crippen LogP contribution in [0.1, 0.15) is 18.5 Å². The van der Waals surface area contributed by atoms with E-state index < -0.39 is 40.5 Å². The zero-order chi connectivity index (χ0) is 20.6. The number of nitrogens with one attached hydrogen (secondary N) is 2. The number of H-pyrrole nitrogens is 1. The molecular weight excluding hydrogens is 395 g/mol. The average molecular weight is 410 g/mol. The van der Waals surface area contributed by atoms with Crippen molar-refractivity contribution in [2.45, 2.75) is 13.0 Å². The highest BCUT2D eigenvalue weighted by Gasteiger charge is 2.22. The molecule has 146 valence electrons. The average Bonchev–Trinajstić information content (AvgIpc) is 2.66. The van der Waals surface area contributed by atoms with E-state index in [1.807, 2.05) is 0 Å². The maximum Gasteiger partial charge on any atom is 0.322 e. The van der Waals surface area contributed by atoms with Gasteiger partial charge in [0.1, 0.15) is 5.82 Å². The molecule has 0 fully saturated rings. The van der Waals surface area contributed by atoms with Crippen molar-refractivity contribution in [3.8, 4) is 0 Å². The predicted molar refractivity (Wildman–Crippen MR) is 101 cm³/mol. The first kappa shape index (κ1) is 19.8. The quantitative estimate of drug-likeness (QED) is 0.651. The fraction of sp³-hybridized carbons (Fsp3) is 0.158. The summed E-state index contributed by atoms with van der Waals surface area (Å²) in [5.74, 6) is -3.00. The molecule has 5 nitrogen and oxygen atoms in total. The molecule has 0 unspecified atom stereocenters. The molecule has 0 bridgehead atoms. The van der Waals surface area contributed by atoms with Gasteiger partial charge >= 0.3 is 6.03 Å². The maximum absolute atomic E-state index is 14.1. The topological polar surface area (TPSA) is 65.2 Å². The van der Waals surface area contributed by atoms with Crippen LogP contribution in [0.4, 0.5) is 23.7 Å². The van der Waals surface area contributed by atoms with E-state index in [4.69, 9.17) is 11.6 Å². The van der Waals surface area contributed by atoms with Gasteiger partial charge in [-0.25, -0.2) is 18.0 Å². The lowest BCUT2D eigenvalue weighted by molar-refractivity contribution is 0.208. The van der Waals surface area contributed by atoms with Crippen LogP contribution < -0.4 is 10.9 Å². The molecule has 0 aliphatic heterocycles. The Bertz CT molecular complexity index is 1130. The molecule has 1 heterocycles. The van der Waals surface area contributed by atoms with Gasteiger partial charge in [-0.05, 0) is 42.1 Å². The van der Waals surface area contributed by atoms with Gasteiger partial charge in [-0.15, -0.1) is 0 Å². The summed E-state index contributed by atoms with van der Waals surface area (Å²) >= 11 is 5.70. The first-order chi connectivity index (χ1) is 13.2. The summed E-state index contributed by atoms with van der Waals surface area (Å²) in [5, 5.41) is 2.21. The Morgan fingerprint density at radius 3 is 2.54 bits per heavy atom. The lowest BCUT2D eigenvalue weighted by atomic mass is 10.0. The van der Waals surface area contributed by atoms with Gasteiger partial charge in [0.25, 0.3) is 5.56 Å². The minimum Gasteiger partial charge on any atom is -0.328 e. The molecular formula is C19H15ClF3N3O2. The number of amides is 2. The predicted octanol–water partition coefficient (Wildman–Crippen LogP) is 4.82. The van der Waals surface area contributed by atoms with E-state index in [1.54, 1.807) is 6.92 Å². The van der Waals surface area contributed by atoms with Gasteiger partial charge in [-0.1, -0.05) is 17.7 Å². The van der Waals surface area contributed by atoms with Crippen LogP contribution in [0.15, 0.2) is 41.3 Å². The number of aromatic nitrogens is 1. The molecule has 0 spiro atoms. The first-order valence-corrected chi connectivity index (χ1v) is 8.56. The number of urea groups is 1. The molecule has 1 aromatic heterocycles. The Kier molecular flexibility index (Phi) is 5.33. The molecule has 2 aromatic carbocycles. The molecule has 0 saturated carbocycles. The number of hydrogen-bond donors (Lipinski definition) is 2. The Hall–Kier alpha value is -3.00. The van der Waals surface area contributed by atoms with Gasteiger partial charge in [-0.3, -0.25) is 4.79 Å². The molecule has 0 saturated heterocycles. The van der Waals surface area contributed by atoms with E-state index in [0.29, 0.717) is 5.56 Å². The molecule has 3 aromatic rings. The number of benzene rings is 2. The third kappa shape index (κ3) is 3.55. The summed E-state index contributed by atoms with van der Waals surface area (Å²) in [7, 11) is 1.49. The summed E-state index contributed by atoms with van der Waals surface area (Å²) in [6, 6.07) is 4.80. The van der Waals surface area contributed by atoms with Gasteiger partial charge < -0.3 is 15.2 Å². The summed E-state index contributed by atoms with van der Waals surface area (Å²) in [6.07, 6.45) is 1.35. The third-order valence-corrected chi connectivity index (χ3v) is 4.80. The Morgan fingerprint density at radius 1 is 1.18 bits per heavy atom. The SMILES string of the molecule is C[C@@H](c1c[nH]c(=O)c2c(F)c(F)ccc12)N(C)C(=O)Nc1ccc(F)c(Cl)c1. The number of carbonyl (C=O) groups is 1. The van der Waals surface area contributed by atoms with E-state index >= 15 is 0 Å². The van der Waals surface area contributed by atoms with E-state index in [2.05, 4.69) is 10.3 Å². The Morgan fingerprint density at radius 2 is 1.86 bits per heavy atom. The minimum absolute atomic E-state index is 0.141. The standard InChI is InChI=1S/C19H15ClF3N3O2/c1-9(26(2)19(28)25-10-3-5-14(21)13(20)7-10)12-8-24-18(27)16-11(12)4-6-15(22)17(16)23/h3-9H,1-2H3,(H,24,27)(H,25,28)/t9-/m0/s1. The van der Waals surface area contributed by atoms with E-state index in [1.165, 1.54) is 36.3 Å². The van der Waals surface area contributed by atoms with Gasteiger partial charge in [0.2, 0.25) is 0 Å². The summed E-state index contributed by atoms with van der Waals surface area (Å²) < 4.78 is 40.8. The van der Waals surface area contributed by atoms with Gasteiger partial charge in [0.05, 0.1) is 16.5 Å². The number of pyridine rings is 1. The van der Waals surface area contributed by atoms with Crippen molar-refractivity contribution < 1.29 is 18.0 Å². The number of halogens is 4. The number of fused-ring (bicyclic) bond motifs is 1. The molecule has 28 heavy (non-hydrogen) atoms. The van der Waals surface area contributed by atoms with Crippen molar-refractivity contribution in [1.82, 2.24) is 9.88 Å². The van der Waals surface area contributed by atoms with Crippen LogP contribution >= 0.6 is 11.6 Å². The monoisotopic (exact) mass is 409 g/mol. The number of anilines is 1. The second-order valence-corrected chi connectivity index (χ2v) is 6.61. The number of aromatic amines is 1. The second-order valence-electron chi connectivity index (χ2n) is 6.20. The van der Waals surface area contributed by atoms with Gasteiger partial charge in [0.15, 0.2) is 11.6 Å². The van der Waals surface area contributed by atoms with Crippen molar-refractivity contribution >= 4 is 34.1 Å². The molecule has 0 aliphatic carbocycles. The minimum atomic E-state index is -1.25. The smallest absolute Gasteiger partial charge is 0.322 e. The fourth-order valence-corrected chi connectivity index (χ4v) is 3.00. The molecule has 3 rings (SSSR count). The van der Waals surface area contributed by atoms with Crippen LogP contribution in [0, 0.1) is 17.5 Å². The van der Waals surface area contributed by atoms with Gasteiger partial charge in [-0.2, -0.15) is 0 Å². The van der Waals surface area contributed by atoms with Crippen molar-refractivity contribution in [3.63, 3.8) is 0 Å². The molecule has 2 N–H and O–H groups in total. The number of carbonyl (C=O) groups excluding carboxylic acids is 1. The Balaban J connectivity index is 1.93. The summed E-state index contributed by atoms with van der Waals surface area (Å²) in [4.78, 5) is 28.1. The largest absolute Gasteiger partial charge is 0.328 e. The molecule has 0 radical (unpaired) electrons. The van der Waals surface area contributed by atoms with E-state index in [9.17, 15) is 22.8 Å². The van der Waals surface area contributed by atoms with Crippen LogP contribution in [0.25, 0.3) is 10.8 Å². The second kappa shape index (κ2) is 7.55. The highest BCUT2D eigenvalue weighted by atomic mass is 35.5. The van der Waals surface area contributed by atoms with E-state index in [-0.39, 0.29) is 16.1 Å². The van der Waals surface area contributed by atoms with Crippen molar-refractivity contribution in [2.75, 3.05) is 12.4 Å². The molecule has 0 aliphatic rings. The normalized spacial score (nSPS) is 12.1. The van der Waals surface area contributed by atoms with E-state index in [0.717, 1.165) is 12.1 Å². The summed E-state index contributed by atoms with van der Waals surface area (Å²) in [5.41, 5.74) is -0.0609. The number of hydrogen-bond acceptors (Lipinski definition) is 2. The van der Waals surface area contributed by atoms with Crippen molar-refractivity contribution in [3.05, 3.63) is 74.9 Å². The highest BCUT2D eigenvalue weighted by molar-refractivity contribution is 6.31. The highest BCUT2D eigenvalue weighted by Crippen LogP contribution is 2.28. The third-order valence-electron chi connectivity index (χ3n) is 4.51. The zero-order valence-electron chi connectivity index (χ0n) is 14.8. The lowest BCUT2D eigenvalue weighted by Gasteiger charge is -2.26. The number of rotatable bonds is 3. The number of nitrogens with zero attached hydrogens (tertiary/aromatic N) is 1. The molecule has 9 heteroatoms. The summed E-state index contributed by atoms with van der Waals surface area (Å²) in [6.45, 7) is 1.66. The molecule has 1 atom stereocenters. The zero-order valence-corrected chi connectivity index (χ0v) is 15.6. The fourth-order valence-electron chi connectivity index (χ4n) is 2.82.